The van der Waals surface area contributed by atoms with Crippen molar-refractivity contribution >= 4 is 50.3 Å². The van der Waals surface area contributed by atoms with Gasteiger partial charge in [-0.05, 0) is 47.8 Å². The Morgan fingerprint density at radius 2 is 2.13 bits per heavy atom. The van der Waals surface area contributed by atoms with Crippen molar-refractivity contribution in [2.24, 2.45) is 0 Å². The van der Waals surface area contributed by atoms with E-state index >= 15 is 0 Å². The summed E-state index contributed by atoms with van der Waals surface area (Å²) < 4.78 is 0.776. The molecule has 0 saturated carbocycles. The molecule has 1 saturated heterocycles. The van der Waals surface area contributed by atoms with Gasteiger partial charge in [0, 0.05) is 43.4 Å². The summed E-state index contributed by atoms with van der Waals surface area (Å²) in [6.45, 7) is 3.17. The van der Waals surface area contributed by atoms with Gasteiger partial charge in [0.2, 0.25) is 0 Å². The van der Waals surface area contributed by atoms with Gasteiger partial charge in [-0.3, -0.25) is 9.78 Å². The van der Waals surface area contributed by atoms with Crippen LogP contribution in [-0.4, -0.2) is 51.2 Å². The number of carbonyl (C=O) groups excluding carboxylic acids is 1. The highest BCUT2D eigenvalue weighted by atomic mass is 79.9. The third kappa shape index (κ3) is 4.09. The van der Waals surface area contributed by atoms with Crippen LogP contribution in [0.1, 0.15) is 28.9 Å². The largest absolute Gasteiger partial charge is 0.465 e. The highest BCUT2D eigenvalue weighted by molar-refractivity contribution is 9.10. The fraction of sp³-hybridized carbons (Fsp3) is 0.300. The average Bonchev–Trinajstić information content (AvgIpc) is 3.11. The van der Waals surface area contributed by atoms with Crippen molar-refractivity contribution in [2.45, 2.75) is 25.8 Å². The molecule has 1 aliphatic rings. The molecule has 1 unspecified atom stereocenters. The van der Waals surface area contributed by atoms with Crippen LogP contribution >= 0.6 is 15.9 Å². The van der Waals surface area contributed by atoms with Crippen LogP contribution in [0.25, 0.3) is 11.0 Å². The van der Waals surface area contributed by atoms with Crippen LogP contribution in [0, 0.1) is 6.92 Å². The van der Waals surface area contributed by atoms with Crippen molar-refractivity contribution in [3.63, 3.8) is 0 Å². The zero-order chi connectivity index (χ0) is 21.3. The van der Waals surface area contributed by atoms with Crippen LogP contribution in [0.5, 0.6) is 0 Å². The lowest BCUT2D eigenvalue weighted by Crippen LogP contribution is -2.47. The lowest BCUT2D eigenvalue weighted by molar-refractivity contribution is 0.102. The highest BCUT2D eigenvalue weighted by Crippen LogP contribution is 2.39. The average molecular weight is 473 g/mol. The van der Waals surface area contributed by atoms with Gasteiger partial charge in [0.1, 0.15) is 5.65 Å². The van der Waals surface area contributed by atoms with Crippen molar-refractivity contribution in [2.75, 3.05) is 23.3 Å². The molecule has 1 fully saturated rings. The summed E-state index contributed by atoms with van der Waals surface area (Å²) in [4.78, 5) is 37.6. The molecule has 4 N–H and O–H groups in total. The van der Waals surface area contributed by atoms with Gasteiger partial charge in [-0.2, -0.15) is 0 Å². The molecule has 0 aromatic carbocycles. The number of carboxylic acid groups (broad SMARTS) is 1. The van der Waals surface area contributed by atoms with Crippen molar-refractivity contribution in [3.05, 3.63) is 46.5 Å². The number of fused-ring (bicyclic) bond motifs is 1. The Kier molecular flexibility index (Phi) is 5.58. The maximum absolute atomic E-state index is 12.7. The summed E-state index contributed by atoms with van der Waals surface area (Å²) in [5.74, 6) is -0.265. The van der Waals surface area contributed by atoms with Crippen molar-refractivity contribution in [3.8, 4) is 0 Å². The molecule has 156 valence electrons. The Morgan fingerprint density at radius 1 is 1.30 bits per heavy atom. The Morgan fingerprint density at radius 3 is 2.87 bits per heavy atom. The van der Waals surface area contributed by atoms with E-state index in [1.54, 1.807) is 30.7 Å². The highest BCUT2D eigenvalue weighted by Gasteiger charge is 2.26. The number of aromatic amines is 1. The minimum Gasteiger partial charge on any atom is -0.465 e. The zero-order valence-electron chi connectivity index (χ0n) is 16.3. The van der Waals surface area contributed by atoms with Gasteiger partial charge in [-0.15, -0.1) is 0 Å². The number of aromatic nitrogens is 3. The van der Waals surface area contributed by atoms with Crippen LogP contribution in [0.15, 0.2) is 35.2 Å². The first kappa shape index (κ1) is 20.1. The van der Waals surface area contributed by atoms with Gasteiger partial charge < -0.3 is 25.6 Å². The first-order valence-electron chi connectivity index (χ1n) is 9.56. The number of nitrogens with zero attached hydrogens (tertiary/aromatic N) is 3. The molecule has 10 heteroatoms. The minimum atomic E-state index is -1.03. The minimum absolute atomic E-state index is 0.165. The monoisotopic (exact) mass is 472 g/mol. The Hall–Kier alpha value is -3.14. The van der Waals surface area contributed by atoms with Crippen LogP contribution < -0.4 is 15.5 Å². The van der Waals surface area contributed by atoms with Crippen molar-refractivity contribution < 1.29 is 14.7 Å². The molecule has 4 rings (SSSR count). The summed E-state index contributed by atoms with van der Waals surface area (Å²) in [6, 6.07) is 3.35. The number of hydrogen-bond donors (Lipinski definition) is 4. The quantitative estimate of drug-likeness (QED) is 0.460. The van der Waals surface area contributed by atoms with Crippen molar-refractivity contribution in [1.29, 1.82) is 0 Å². The number of anilines is 2. The lowest BCUT2D eigenvalue weighted by atomic mass is 10.0. The van der Waals surface area contributed by atoms with E-state index in [1.807, 2.05) is 6.92 Å². The topological polar surface area (TPSA) is 123 Å². The van der Waals surface area contributed by atoms with Crippen LogP contribution in [0.3, 0.4) is 0 Å². The second kappa shape index (κ2) is 8.31. The number of carbonyl (C=O) groups is 2. The third-order valence-corrected chi connectivity index (χ3v) is 5.70. The number of H-pyrrole nitrogens is 1. The van der Waals surface area contributed by atoms with E-state index in [1.165, 1.54) is 0 Å². The molecule has 3 aromatic heterocycles. The normalized spacial score (nSPS) is 16.5. The van der Waals surface area contributed by atoms with Crippen LogP contribution in [-0.2, 0) is 0 Å². The molecule has 0 spiro atoms. The van der Waals surface area contributed by atoms with Gasteiger partial charge >= 0.3 is 6.09 Å². The van der Waals surface area contributed by atoms with Crippen LogP contribution in [0.2, 0.25) is 0 Å². The van der Waals surface area contributed by atoms with E-state index in [9.17, 15) is 9.59 Å². The molecular formula is C20H21BrN6O3. The van der Waals surface area contributed by atoms with E-state index in [-0.39, 0.29) is 11.9 Å². The number of piperidine rings is 1. The number of pyridine rings is 2. The fourth-order valence-electron chi connectivity index (χ4n) is 3.73. The zero-order valence-corrected chi connectivity index (χ0v) is 17.9. The van der Waals surface area contributed by atoms with E-state index < -0.39 is 6.09 Å². The Balaban J connectivity index is 1.67. The molecule has 0 aliphatic carbocycles. The van der Waals surface area contributed by atoms with Gasteiger partial charge in [0.15, 0.2) is 0 Å². The molecule has 9 nitrogen and oxygen atoms in total. The van der Waals surface area contributed by atoms with Crippen molar-refractivity contribution in [1.82, 2.24) is 20.3 Å². The van der Waals surface area contributed by atoms with E-state index in [0.29, 0.717) is 23.4 Å². The molecule has 4 heterocycles. The number of halogens is 1. The smallest absolute Gasteiger partial charge is 0.404 e. The Labute approximate surface area is 181 Å². The summed E-state index contributed by atoms with van der Waals surface area (Å²) in [5.41, 5.74) is 3.41. The second-order valence-corrected chi connectivity index (χ2v) is 8.11. The molecule has 0 bridgehead atoms. The summed E-state index contributed by atoms with van der Waals surface area (Å²) in [7, 11) is 0. The van der Waals surface area contributed by atoms with Gasteiger partial charge in [0.05, 0.1) is 26.8 Å². The molecule has 1 atom stereocenters. The molecule has 0 radical (unpaired) electrons. The number of rotatable bonds is 4. The predicted molar refractivity (Wildman–Crippen MR) is 117 cm³/mol. The van der Waals surface area contributed by atoms with Gasteiger partial charge in [-0.1, -0.05) is 0 Å². The Bertz CT molecular complexity index is 1100. The first-order valence-corrected chi connectivity index (χ1v) is 10.4. The standard InChI is InChI=1S/C20H21BrN6O3/c1-11-4-5-12(7-22-11)19(28)26-15-9-24-18-16(15)17(14(21)8-23-18)27-6-2-3-13(10-27)25-20(29)30/h4-5,7-9,13,25H,2-3,6,10H2,1H3,(H,23,24)(H,26,28)(H,29,30). The van der Waals surface area contributed by atoms with E-state index in [2.05, 4.69) is 46.4 Å². The molecule has 3 aromatic rings. The second-order valence-electron chi connectivity index (χ2n) is 7.26. The van der Waals surface area contributed by atoms with Gasteiger partial charge in [-0.25, -0.2) is 9.78 Å². The number of nitrogens with one attached hydrogen (secondary N) is 3. The van der Waals surface area contributed by atoms with Gasteiger partial charge in [0.25, 0.3) is 5.91 Å². The first-order chi connectivity index (χ1) is 14.4. The number of hydrogen-bond acceptors (Lipinski definition) is 5. The number of aryl methyl sites for hydroxylation is 1. The SMILES string of the molecule is Cc1ccc(C(=O)Nc2c[nH]c3ncc(Br)c(N4CCCC(NC(=O)O)C4)c23)cn1. The maximum atomic E-state index is 12.7. The summed E-state index contributed by atoms with van der Waals surface area (Å²) >= 11 is 3.58. The van der Waals surface area contributed by atoms with Crippen LogP contribution in [0.4, 0.5) is 16.2 Å². The van der Waals surface area contributed by atoms with E-state index in [0.717, 1.165) is 40.6 Å². The maximum Gasteiger partial charge on any atom is 0.404 e. The number of amides is 2. The predicted octanol–water partition coefficient (Wildman–Crippen LogP) is 3.52. The third-order valence-electron chi connectivity index (χ3n) is 5.12. The molecule has 2 amide bonds. The molecule has 1 aliphatic heterocycles. The lowest BCUT2D eigenvalue weighted by Gasteiger charge is -2.35. The van der Waals surface area contributed by atoms with E-state index in [4.69, 9.17) is 5.11 Å². The fourth-order valence-corrected chi connectivity index (χ4v) is 4.28. The molecular weight excluding hydrogens is 452 g/mol. The summed E-state index contributed by atoms with van der Waals surface area (Å²) in [6.07, 6.45) is 5.57. The molecule has 30 heavy (non-hydrogen) atoms. The summed E-state index contributed by atoms with van der Waals surface area (Å²) in [5, 5.41) is 15.4.